The summed E-state index contributed by atoms with van der Waals surface area (Å²) in [5.74, 6) is -0.384. The third-order valence-electron chi connectivity index (χ3n) is 3.74. The summed E-state index contributed by atoms with van der Waals surface area (Å²) >= 11 is 0. The number of nitrogens with one attached hydrogen (secondary N) is 2. The molecule has 1 unspecified atom stereocenters. The fourth-order valence-corrected chi connectivity index (χ4v) is 2.50. The quantitative estimate of drug-likeness (QED) is 0.641. The SMILES string of the molecule is O=C(NCC(O)c1cccc(OC(F)F)c1)c1ccc2cc[nH]c2c1. The second kappa shape index (κ2) is 7.31. The number of hydrogen-bond donors (Lipinski definition) is 3. The molecule has 25 heavy (non-hydrogen) atoms. The van der Waals surface area contributed by atoms with E-state index < -0.39 is 12.7 Å². The average molecular weight is 346 g/mol. The molecule has 0 bridgehead atoms. The topological polar surface area (TPSA) is 74.3 Å². The molecule has 0 spiro atoms. The van der Waals surface area contributed by atoms with Crippen molar-refractivity contribution in [3.63, 3.8) is 0 Å². The van der Waals surface area contributed by atoms with Crippen LogP contribution in [0.1, 0.15) is 22.0 Å². The van der Waals surface area contributed by atoms with Gasteiger partial charge < -0.3 is 20.1 Å². The number of H-pyrrole nitrogens is 1. The van der Waals surface area contributed by atoms with E-state index in [2.05, 4.69) is 15.0 Å². The van der Waals surface area contributed by atoms with E-state index in [4.69, 9.17) is 0 Å². The van der Waals surface area contributed by atoms with Gasteiger partial charge in [0.25, 0.3) is 5.91 Å². The largest absolute Gasteiger partial charge is 0.435 e. The van der Waals surface area contributed by atoms with Gasteiger partial charge in [-0.3, -0.25) is 4.79 Å². The van der Waals surface area contributed by atoms with Gasteiger partial charge in [-0.25, -0.2) is 0 Å². The molecule has 1 atom stereocenters. The second-order valence-electron chi connectivity index (χ2n) is 5.46. The number of aromatic nitrogens is 1. The van der Waals surface area contributed by atoms with Crippen LogP contribution in [0.3, 0.4) is 0 Å². The molecule has 0 radical (unpaired) electrons. The molecule has 3 aromatic rings. The monoisotopic (exact) mass is 346 g/mol. The molecule has 0 saturated carbocycles. The van der Waals surface area contributed by atoms with Crippen LogP contribution in [0.25, 0.3) is 10.9 Å². The van der Waals surface area contributed by atoms with Crippen LogP contribution in [-0.4, -0.2) is 29.2 Å². The second-order valence-corrected chi connectivity index (χ2v) is 5.46. The van der Waals surface area contributed by atoms with Crippen molar-refractivity contribution in [1.82, 2.24) is 10.3 Å². The number of alkyl halides is 2. The lowest BCUT2D eigenvalue weighted by Gasteiger charge is -2.14. The van der Waals surface area contributed by atoms with Crippen LogP contribution in [0.15, 0.2) is 54.7 Å². The molecular weight excluding hydrogens is 330 g/mol. The number of fused-ring (bicyclic) bond motifs is 1. The number of carbonyl (C=O) groups excluding carboxylic acids is 1. The van der Waals surface area contributed by atoms with E-state index >= 15 is 0 Å². The van der Waals surface area contributed by atoms with E-state index in [1.165, 1.54) is 18.2 Å². The molecular formula is C18H16F2N2O3. The maximum atomic E-state index is 12.2. The summed E-state index contributed by atoms with van der Waals surface area (Å²) in [5, 5.41) is 13.8. The first kappa shape index (κ1) is 16.9. The number of aliphatic hydroxyl groups is 1. The Morgan fingerprint density at radius 2 is 2.04 bits per heavy atom. The summed E-state index contributed by atoms with van der Waals surface area (Å²) in [6.07, 6.45) is 0.740. The van der Waals surface area contributed by atoms with Crippen molar-refractivity contribution >= 4 is 16.8 Å². The Morgan fingerprint density at radius 3 is 2.84 bits per heavy atom. The Morgan fingerprint density at radius 1 is 1.20 bits per heavy atom. The van der Waals surface area contributed by atoms with E-state index in [1.54, 1.807) is 24.4 Å². The normalized spacial score (nSPS) is 12.3. The third kappa shape index (κ3) is 4.13. The summed E-state index contributed by atoms with van der Waals surface area (Å²) in [4.78, 5) is 15.2. The summed E-state index contributed by atoms with van der Waals surface area (Å²) in [7, 11) is 0. The number of carbonyl (C=O) groups is 1. The van der Waals surface area contributed by atoms with Crippen LogP contribution >= 0.6 is 0 Å². The fraction of sp³-hybridized carbons (Fsp3) is 0.167. The van der Waals surface area contributed by atoms with E-state index in [0.29, 0.717) is 11.1 Å². The Bertz CT molecular complexity index is 879. The molecule has 5 nitrogen and oxygen atoms in total. The van der Waals surface area contributed by atoms with Crippen LogP contribution in [-0.2, 0) is 0 Å². The van der Waals surface area contributed by atoms with Crippen LogP contribution in [0, 0.1) is 0 Å². The lowest BCUT2D eigenvalue weighted by molar-refractivity contribution is -0.0499. The van der Waals surface area contributed by atoms with Gasteiger partial charge >= 0.3 is 6.61 Å². The highest BCUT2D eigenvalue weighted by Gasteiger charge is 2.13. The Hall–Kier alpha value is -2.93. The molecule has 1 aromatic heterocycles. The molecule has 1 amide bonds. The zero-order valence-corrected chi connectivity index (χ0v) is 13.1. The van der Waals surface area contributed by atoms with Gasteiger partial charge in [-0.05, 0) is 41.3 Å². The predicted molar refractivity (Wildman–Crippen MR) is 88.7 cm³/mol. The lowest BCUT2D eigenvalue weighted by Crippen LogP contribution is -2.28. The number of amides is 1. The van der Waals surface area contributed by atoms with Crippen molar-refractivity contribution in [1.29, 1.82) is 0 Å². The molecule has 1 heterocycles. The molecule has 0 aliphatic carbocycles. The zero-order valence-electron chi connectivity index (χ0n) is 13.1. The van der Waals surface area contributed by atoms with Crippen molar-refractivity contribution < 1.29 is 23.4 Å². The third-order valence-corrected chi connectivity index (χ3v) is 3.74. The maximum absolute atomic E-state index is 12.2. The summed E-state index contributed by atoms with van der Waals surface area (Å²) < 4.78 is 28.8. The minimum atomic E-state index is -2.94. The average Bonchev–Trinajstić information content (AvgIpc) is 3.06. The van der Waals surface area contributed by atoms with Gasteiger partial charge in [0.15, 0.2) is 0 Å². The van der Waals surface area contributed by atoms with E-state index in [-0.39, 0.29) is 18.2 Å². The van der Waals surface area contributed by atoms with E-state index in [9.17, 15) is 18.7 Å². The maximum Gasteiger partial charge on any atom is 0.387 e. The Kier molecular flexibility index (Phi) is 4.95. The highest BCUT2D eigenvalue weighted by Crippen LogP contribution is 2.21. The van der Waals surface area contributed by atoms with Crippen LogP contribution in [0.5, 0.6) is 5.75 Å². The molecule has 3 rings (SSSR count). The molecule has 2 aromatic carbocycles. The van der Waals surface area contributed by atoms with E-state index in [1.807, 2.05) is 12.1 Å². The van der Waals surface area contributed by atoms with Gasteiger partial charge in [-0.2, -0.15) is 8.78 Å². The van der Waals surface area contributed by atoms with Gasteiger partial charge in [-0.1, -0.05) is 18.2 Å². The first-order valence-electron chi connectivity index (χ1n) is 7.61. The summed E-state index contributed by atoms with van der Waals surface area (Å²) in [6.45, 7) is -2.99. The molecule has 7 heteroatoms. The zero-order chi connectivity index (χ0) is 17.8. The number of halogens is 2. The first-order valence-corrected chi connectivity index (χ1v) is 7.61. The number of benzene rings is 2. The van der Waals surface area contributed by atoms with Crippen molar-refractivity contribution in [3.8, 4) is 5.75 Å². The number of aromatic amines is 1. The van der Waals surface area contributed by atoms with Crippen LogP contribution in [0.4, 0.5) is 8.78 Å². The Labute approximate surface area is 142 Å². The predicted octanol–water partition coefficient (Wildman–Crippen LogP) is 3.23. The molecule has 0 fully saturated rings. The highest BCUT2D eigenvalue weighted by molar-refractivity contribution is 5.97. The van der Waals surface area contributed by atoms with Gasteiger partial charge in [0.2, 0.25) is 0 Å². The number of rotatable bonds is 6. The number of hydrogen-bond acceptors (Lipinski definition) is 3. The molecule has 0 aliphatic rings. The minimum absolute atomic E-state index is 0.0462. The fourth-order valence-electron chi connectivity index (χ4n) is 2.50. The molecule has 0 aliphatic heterocycles. The standard InChI is InChI=1S/C18H16F2N2O3/c19-18(20)25-14-3-1-2-12(8-14)16(23)10-22-17(24)13-5-4-11-6-7-21-15(11)9-13/h1-9,16,18,21,23H,10H2,(H,22,24). The number of ether oxygens (including phenoxy) is 1. The van der Waals surface area contributed by atoms with Gasteiger partial charge in [0.05, 0.1) is 6.10 Å². The molecule has 0 saturated heterocycles. The number of aliphatic hydroxyl groups excluding tert-OH is 1. The van der Waals surface area contributed by atoms with Gasteiger partial charge in [0.1, 0.15) is 5.75 Å². The summed E-state index contributed by atoms with van der Waals surface area (Å²) in [6, 6.07) is 12.9. The van der Waals surface area contributed by atoms with Crippen molar-refractivity contribution in [2.24, 2.45) is 0 Å². The first-order chi connectivity index (χ1) is 12.0. The van der Waals surface area contributed by atoms with Crippen molar-refractivity contribution in [2.45, 2.75) is 12.7 Å². The van der Waals surface area contributed by atoms with Crippen molar-refractivity contribution in [2.75, 3.05) is 6.54 Å². The molecule has 3 N–H and O–H groups in total. The molecule has 130 valence electrons. The van der Waals surface area contributed by atoms with Crippen LogP contribution in [0.2, 0.25) is 0 Å². The highest BCUT2D eigenvalue weighted by atomic mass is 19.3. The van der Waals surface area contributed by atoms with E-state index in [0.717, 1.165) is 10.9 Å². The smallest absolute Gasteiger partial charge is 0.387 e. The van der Waals surface area contributed by atoms with Crippen LogP contribution < -0.4 is 10.1 Å². The van der Waals surface area contributed by atoms with Crippen molar-refractivity contribution in [3.05, 3.63) is 65.9 Å². The van der Waals surface area contributed by atoms with Gasteiger partial charge in [0, 0.05) is 23.8 Å². The lowest BCUT2D eigenvalue weighted by atomic mass is 10.1. The Balaban J connectivity index is 1.63. The van der Waals surface area contributed by atoms with Gasteiger partial charge in [-0.15, -0.1) is 0 Å². The summed E-state index contributed by atoms with van der Waals surface area (Å²) in [5.41, 5.74) is 1.67. The minimum Gasteiger partial charge on any atom is -0.435 e.